The lowest BCUT2D eigenvalue weighted by molar-refractivity contribution is -0.117. The fourth-order valence-electron chi connectivity index (χ4n) is 3.08. The van der Waals surface area contributed by atoms with E-state index in [4.69, 9.17) is 0 Å². The van der Waals surface area contributed by atoms with E-state index >= 15 is 0 Å². The minimum absolute atomic E-state index is 0.247. The van der Waals surface area contributed by atoms with Crippen molar-refractivity contribution in [3.05, 3.63) is 88.2 Å². The summed E-state index contributed by atoms with van der Waals surface area (Å²) >= 11 is 0. The molecule has 0 bridgehead atoms. The predicted octanol–water partition coefficient (Wildman–Crippen LogP) is 3.40. The van der Waals surface area contributed by atoms with Crippen LogP contribution in [0.1, 0.15) is 38.9 Å². The number of hydrogen-bond donors (Lipinski definition) is 1. The zero-order valence-electron chi connectivity index (χ0n) is 15.7. The first-order valence-electron chi connectivity index (χ1n) is 8.64. The van der Waals surface area contributed by atoms with Gasteiger partial charge in [0.2, 0.25) is 0 Å². The maximum atomic E-state index is 13.3. The van der Waals surface area contributed by atoms with E-state index in [1.165, 1.54) is 53.2 Å². The maximum absolute atomic E-state index is 13.3. The number of nitrogens with one attached hydrogen (secondary N) is 1. The Kier molecular flexibility index (Phi) is 5.35. The van der Waals surface area contributed by atoms with Gasteiger partial charge in [-0.1, -0.05) is 24.3 Å². The number of benzene rings is 2. The Hall–Kier alpha value is -3.35. The van der Waals surface area contributed by atoms with Crippen LogP contribution in [-0.2, 0) is 11.8 Å². The van der Waals surface area contributed by atoms with E-state index in [0.29, 0.717) is 22.5 Å². The Balaban J connectivity index is 1.94. The molecule has 0 aliphatic heterocycles. The highest BCUT2D eigenvalue weighted by molar-refractivity contribution is 6.43. The van der Waals surface area contributed by atoms with Crippen molar-refractivity contribution in [2.75, 3.05) is 0 Å². The third kappa shape index (κ3) is 3.83. The van der Waals surface area contributed by atoms with Crippen molar-refractivity contribution < 1.29 is 18.4 Å². The topological polar surface area (TPSA) is 64.0 Å². The highest BCUT2D eigenvalue weighted by atomic mass is 19.1. The number of halogens is 2. The van der Waals surface area contributed by atoms with E-state index in [-0.39, 0.29) is 5.56 Å². The summed E-state index contributed by atoms with van der Waals surface area (Å²) in [4.78, 5) is 25.4. The molecule has 0 aliphatic carbocycles. The number of aryl methyl sites for hydroxylation is 2. The highest BCUT2D eigenvalue weighted by Crippen LogP contribution is 2.23. The summed E-state index contributed by atoms with van der Waals surface area (Å²) < 4.78 is 28.2. The minimum atomic E-state index is -0.821. The first-order chi connectivity index (χ1) is 13.3. The largest absolute Gasteiger partial charge is 0.338 e. The molecule has 3 aromatic rings. The van der Waals surface area contributed by atoms with Crippen LogP contribution in [0.2, 0.25) is 0 Å². The smallest absolute Gasteiger partial charge is 0.293 e. The normalized spacial score (nSPS) is 10.9. The molecule has 3 rings (SSSR count). The quantitative estimate of drug-likeness (QED) is 0.543. The van der Waals surface area contributed by atoms with Crippen LogP contribution in [0.15, 0.2) is 48.5 Å². The van der Waals surface area contributed by atoms with Crippen LogP contribution >= 0.6 is 0 Å². The first kappa shape index (κ1) is 19.4. The van der Waals surface area contributed by atoms with Crippen LogP contribution in [0.4, 0.5) is 8.78 Å². The third-order valence-electron chi connectivity index (χ3n) is 4.62. The molecule has 0 spiro atoms. The van der Waals surface area contributed by atoms with E-state index < -0.39 is 29.4 Å². The number of nitrogens with zero attached hydrogens (tertiary/aromatic N) is 2. The van der Waals surface area contributed by atoms with E-state index in [1.54, 1.807) is 20.9 Å². The van der Waals surface area contributed by atoms with Gasteiger partial charge in [0, 0.05) is 12.7 Å². The second-order valence-electron chi connectivity index (χ2n) is 6.51. The molecule has 0 atom stereocenters. The van der Waals surface area contributed by atoms with E-state index in [1.807, 2.05) is 0 Å². The fraction of sp³-hybridized carbons (Fsp3) is 0.190. The average Bonchev–Trinajstić information content (AvgIpc) is 2.92. The predicted molar refractivity (Wildman–Crippen MR) is 99.8 cm³/mol. The zero-order valence-corrected chi connectivity index (χ0v) is 15.7. The second-order valence-corrected chi connectivity index (χ2v) is 6.51. The number of aromatic nitrogens is 2. The lowest BCUT2D eigenvalue weighted by Gasteiger charge is -2.19. The second kappa shape index (κ2) is 7.72. The molecule has 0 saturated heterocycles. The summed E-state index contributed by atoms with van der Waals surface area (Å²) in [7, 11) is 1.69. The molecular weight excluding hydrogens is 364 g/mol. The summed E-state index contributed by atoms with van der Waals surface area (Å²) in [5.74, 6) is -2.38. The monoisotopic (exact) mass is 383 g/mol. The molecule has 5 nitrogen and oxygen atoms in total. The fourth-order valence-corrected chi connectivity index (χ4v) is 3.08. The molecule has 1 aromatic heterocycles. The standard InChI is InChI=1S/C21H19F2N3O2/c1-12-18(13(2)26(3)25-12)20(27)21(28)24-19(14-4-8-16(22)9-5-14)15-6-10-17(23)11-7-15/h4-11,19H,1-3H3,(H,24,28). The summed E-state index contributed by atoms with van der Waals surface area (Å²) in [5.41, 5.74) is 2.41. The number of amides is 1. The van der Waals surface area contributed by atoms with Gasteiger partial charge in [-0.25, -0.2) is 8.78 Å². The minimum Gasteiger partial charge on any atom is -0.338 e. The van der Waals surface area contributed by atoms with Gasteiger partial charge in [0.25, 0.3) is 11.7 Å². The lowest BCUT2D eigenvalue weighted by Crippen LogP contribution is -2.35. The Morgan fingerprint density at radius 2 is 1.39 bits per heavy atom. The van der Waals surface area contributed by atoms with Gasteiger partial charge in [0.15, 0.2) is 0 Å². The van der Waals surface area contributed by atoms with Crippen molar-refractivity contribution in [1.29, 1.82) is 0 Å². The van der Waals surface area contributed by atoms with Crippen LogP contribution in [0.3, 0.4) is 0 Å². The summed E-state index contributed by atoms with van der Waals surface area (Å²) in [5, 5.41) is 6.84. The van der Waals surface area contributed by atoms with Gasteiger partial charge >= 0.3 is 0 Å². The lowest BCUT2D eigenvalue weighted by atomic mass is 9.98. The molecule has 1 N–H and O–H groups in total. The average molecular weight is 383 g/mol. The molecule has 0 saturated carbocycles. The number of Topliss-reactive ketones (excluding diaryl/α,β-unsaturated/α-hetero) is 1. The molecule has 28 heavy (non-hydrogen) atoms. The van der Waals surface area contributed by atoms with Crippen molar-refractivity contribution in [2.24, 2.45) is 7.05 Å². The van der Waals surface area contributed by atoms with Crippen molar-refractivity contribution in [3.63, 3.8) is 0 Å². The summed E-state index contributed by atoms with van der Waals surface area (Å²) in [6.07, 6.45) is 0. The molecule has 0 fully saturated rings. The van der Waals surface area contributed by atoms with Gasteiger partial charge < -0.3 is 5.32 Å². The van der Waals surface area contributed by atoms with Crippen molar-refractivity contribution in [2.45, 2.75) is 19.9 Å². The van der Waals surface area contributed by atoms with Crippen LogP contribution < -0.4 is 5.32 Å². The summed E-state index contributed by atoms with van der Waals surface area (Å²) in [6, 6.07) is 10.3. The third-order valence-corrected chi connectivity index (χ3v) is 4.62. The Morgan fingerprint density at radius 1 is 0.929 bits per heavy atom. The summed E-state index contributed by atoms with van der Waals surface area (Å²) in [6.45, 7) is 3.36. The molecule has 0 radical (unpaired) electrons. The Morgan fingerprint density at radius 3 is 1.79 bits per heavy atom. The molecule has 0 unspecified atom stereocenters. The van der Waals surface area contributed by atoms with Crippen LogP contribution in [-0.4, -0.2) is 21.5 Å². The molecule has 1 heterocycles. The van der Waals surface area contributed by atoms with Gasteiger partial charge in [-0.3, -0.25) is 14.3 Å². The van der Waals surface area contributed by atoms with Gasteiger partial charge in [0.1, 0.15) is 11.6 Å². The Bertz CT molecular complexity index is 980. The molecule has 144 valence electrons. The van der Waals surface area contributed by atoms with E-state index in [0.717, 1.165) is 0 Å². The molecule has 1 amide bonds. The molecule has 0 aliphatic rings. The van der Waals surface area contributed by atoms with Crippen LogP contribution in [0.5, 0.6) is 0 Å². The highest BCUT2D eigenvalue weighted by Gasteiger charge is 2.27. The van der Waals surface area contributed by atoms with Gasteiger partial charge in [-0.15, -0.1) is 0 Å². The number of ketones is 1. The van der Waals surface area contributed by atoms with Gasteiger partial charge in [-0.05, 0) is 49.2 Å². The van der Waals surface area contributed by atoms with Crippen molar-refractivity contribution in [3.8, 4) is 0 Å². The molecule has 7 heteroatoms. The van der Waals surface area contributed by atoms with Crippen LogP contribution in [0.25, 0.3) is 0 Å². The van der Waals surface area contributed by atoms with Gasteiger partial charge in [0.05, 0.1) is 17.3 Å². The number of carbonyl (C=O) groups is 2. The maximum Gasteiger partial charge on any atom is 0.293 e. The SMILES string of the molecule is Cc1nn(C)c(C)c1C(=O)C(=O)NC(c1ccc(F)cc1)c1ccc(F)cc1. The van der Waals surface area contributed by atoms with Gasteiger partial charge in [-0.2, -0.15) is 5.10 Å². The van der Waals surface area contributed by atoms with Crippen molar-refractivity contribution >= 4 is 11.7 Å². The van der Waals surface area contributed by atoms with Crippen molar-refractivity contribution in [1.82, 2.24) is 15.1 Å². The zero-order chi connectivity index (χ0) is 20.4. The van der Waals surface area contributed by atoms with Crippen LogP contribution in [0, 0.1) is 25.5 Å². The number of hydrogen-bond acceptors (Lipinski definition) is 3. The molecular formula is C21H19F2N3O2. The first-order valence-corrected chi connectivity index (χ1v) is 8.64. The number of carbonyl (C=O) groups excluding carboxylic acids is 2. The number of rotatable bonds is 5. The van der Waals surface area contributed by atoms with E-state index in [9.17, 15) is 18.4 Å². The molecule has 2 aromatic carbocycles. The van der Waals surface area contributed by atoms with E-state index in [2.05, 4.69) is 10.4 Å². The Labute approximate surface area is 161 Å².